The Labute approximate surface area is 126 Å². The van der Waals surface area contributed by atoms with E-state index in [1.807, 2.05) is 27.7 Å². The maximum Gasteiger partial charge on any atom is 0.407 e. The molecular weight excluding hydrogens is 270 g/mol. The van der Waals surface area contributed by atoms with E-state index in [1.54, 1.807) is 0 Å². The summed E-state index contributed by atoms with van der Waals surface area (Å²) in [4.78, 5) is 23.3. The molecule has 0 heterocycles. The molecule has 120 valence electrons. The quantitative estimate of drug-likeness (QED) is 0.820. The molecule has 2 aliphatic carbocycles. The minimum absolute atomic E-state index is 0.113. The fourth-order valence-corrected chi connectivity index (χ4v) is 4.02. The van der Waals surface area contributed by atoms with Gasteiger partial charge in [-0.2, -0.15) is 0 Å². The summed E-state index contributed by atoms with van der Waals surface area (Å²) in [5, 5.41) is 12.4. The third-order valence-corrected chi connectivity index (χ3v) is 4.62. The fraction of sp³-hybridized carbons (Fsp3) is 0.875. The molecule has 0 aliphatic heterocycles. The number of carboxylic acid groups (broad SMARTS) is 1. The van der Waals surface area contributed by atoms with Crippen LogP contribution in [0.15, 0.2) is 0 Å². The second kappa shape index (κ2) is 5.50. The molecule has 5 nitrogen and oxygen atoms in total. The van der Waals surface area contributed by atoms with Gasteiger partial charge in [-0.3, -0.25) is 4.79 Å². The van der Waals surface area contributed by atoms with Crippen molar-refractivity contribution in [3.63, 3.8) is 0 Å². The van der Waals surface area contributed by atoms with Gasteiger partial charge in [0.05, 0.1) is 5.41 Å². The van der Waals surface area contributed by atoms with Crippen molar-refractivity contribution in [3.8, 4) is 0 Å². The average Bonchev–Trinajstić information content (AvgIpc) is 2.23. The minimum atomic E-state index is -0.684. The highest BCUT2D eigenvalue weighted by Crippen LogP contribution is 2.48. The van der Waals surface area contributed by atoms with E-state index in [0.29, 0.717) is 24.7 Å². The summed E-state index contributed by atoms with van der Waals surface area (Å²) in [5.74, 6) is 0.0906. The summed E-state index contributed by atoms with van der Waals surface area (Å²) in [6, 6.07) is 0.113. The third-order valence-electron chi connectivity index (χ3n) is 4.62. The Balaban J connectivity index is 1.92. The highest BCUT2D eigenvalue weighted by Gasteiger charge is 2.46. The van der Waals surface area contributed by atoms with Crippen LogP contribution in [0, 0.1) is 17.3 Å². The smallest absolute Gasteiger partial charge is 0.407 e. The zero-order valence-corrected chi connectivity index (χ0v) is 13.4. The predicted molar refractivity (Wildman–Crippen MR) is 79.0 cm³/mol. The first-order chi connectivity index (χ1) is 9.57. The van der Waals surface area contributed by atoms with E-state index in [-0.39, 0.29) is 12.1 Å². The molecule has 0 saturated heterocycles. The van der Waals surface area contributed by atoms with E-state index in [0.717, 1.165) is 19.3 Å². The first-order valence-corrected chi connectivity index (χ1v) is 7.80. The highest BCUT2D eigenvalue weighted by atomic mass is 16.6. The first kappa shape index (κ1) is 16.1. The maximum atomic E-state index is 11.9. The summed E-state index contributed by atoms with van der Waals surface area (Å²) >= 11 is 0. The summed E-state index contributed by atoms with van der Waals surface area (Å²) < 4.78 is 5.30. The van der Waals surface area contributed by atoms with E-state index in [9.17, 15) is 14.7 Å². The number of nitrogens with one attached hydrogen (secondary N) is 1. The van der Waals surface area contributed by atoms with Gasteiger partial charge in [-0.1, -0.05) is 0 Å². The van der Waals surface area contributed by atoms with Gasteiger partial charge < -0.3 is 15.2 Å². The third kappa shape index (κ3) is 4.11. The van der Waals surface area contributed by atoms with E-state index in [1.165, 1.54) is 0 Å². The zero-order chi connectivity index (χ0) is 15.8. The molecule has 1 amide bonds. The van der Waals surface area contributed by atoms with Crippen LogP contribution in [0.2, 0.25) is 0 Å². The second-order valence-electron chi connectivity index (χ2n) is 8.06. The van der Waals surface area contributed by atoms with Crippen molar-refractivity contribution in [1.82, 2.24) is 5.32 Å². The van der Waals surface area contributed by atoms with Crippen molar-refractivity contribution < 1.29 is 19.4 Å². The number of amides is 1. The number of fused-ring (bicyclic) bond motifs is 2. The van der Waals surface area contributed by atoms with Gasteiger partial charge in [0, 0.05) is 6.04 Å². The maximum absolute atomic E-state index is 11.9. The molecule has 2 rings (SSSR count). The van der Waals surface area contributed by atoms with Crippen LogP contribution >= 0.6 is 0 Å². The molecule has 2 N–H and O–H groups in total. The van der Waals surface area contributed by atoms with Crippen molar-refractivity contribution in [2.45, 2.75) is 71.4 Å². The molecule has 0 spiro atoms. The van der Waals surface area contributed by atoms with E-state index < -0.39 is 17.0 Å². The number of alkyl carbamates (subject to hydrolysis) is 1. The topological polar surface area (TPSA) is 75.6 Å². The number of hydrogen-bond donors (Lipinski definition) is 2. The van der Waals surface area contributed by atoms with E-state index in [2.05, 4.69) is 5.32 Å². The van der Waals surface area contributed by atoms with Crippen LogP contribution in [-0.2, 0) is 9.53 Å². The Morgan fingerprint density at radius 3 is 2.10 bits per heavy atom. The molecule has 0 aromatic carbocycles. The standard InChI is InChI=1S/C16H27NO4/c1-15(2,3)21-14(20)17-12-6-10-5-11(7-12)9-16(4,8-10)13(18)19/h10-12H,5-9H2,1-4H3,(H,17,20)(H,18,19). The van der Waals surface area contributed by atoms with Gasteiger partial charge in [-0.25, -0.2) is 4.79 Å². The molecule has 2 bridgehead atoms. The van der Waals surface area contributed by atoms with Crippen LogP contribution in [0.3, 0.4) is 0 Å². The van der Waals surface area contributed by atoms with Crippen LogP contribution in [-0.4, -0.2) is 28.8 Å². The molecule has 0 aromatic heterocycles. The Morgan fingerprint density at radius 1 is 1.14 bits per heavy atom. The number of hydrogen-bond acceptors (Lipinski definition) is 3. The van der Waals surface area contributed by atoms with Crippen molar-refractivity contribution >= 4 is 12.1 Å². The molecular formula is C16H27NO4. The lowest BCUT2D eigenvalue weighted by molar-refractivity contribution is -0.153. The monoisotopic (exact) mass is 297 g/mol. The number of aliphatic carboxylic acids is 1. The SMILES string of the molecule is CC(C)(C)OC(=O)NC1CC2CC(C1)CC(C)(C(=O)O)C2. The van der Waals surface area contributed by atoms with Crippen molar-refractivity contribution in [1.29, 1.82) is 0 Å². The minimum Gasteiger partial charge on any atom is -0.481 e. The van der Waals surface area contributed by atoms with Gasteiger partial charge in [-0.15, -0.1) is 0 Å². The van der Waals surface area contributed by atoms with Crippen molar-refractivity contribution in [2.24, 2.45) is 17.3 Å². The second-order valence-corrected chi connectivity index (χ2v) is 8.06. The van der Waals surface area contributed by atoms with Crippen molar-refractivity contribution in [3.05, 3.63) is 0 Å². The Bertz CT molecular complexity index is 412. The van der Waals surface area contributed by atoms with Crippen LogP contribution in [0.4, 0.5) is 4.79 Å². The van der Waals surface area contributed by atoms with Crippen LogP contribution in [0.25, 0.3) is 0 Å². The number of carbonyl (C=O) groups is 2. The van der Waals surface area contributed by atoms with Crippen molar-refractivity contribution in [2.75, 3.05) is 0 Å². The molecule has 2 atom stereocenters. The van der Waals surface area contributed by atoms with Gasteiger partial charge in [0.1, 0.15) is 5.60 Å². The molecule has 2 aliphatic rings. The number of rotatable bonds is 2. The number of carboxylic acids is 1. The lowest BCUT2D eigenvalue weighted by Crippen LogP contribution is -2.48. The lowest BCUT2D eigenvalue weighted by atomic mass is 9.60. The summed E-state index contributed by atoms with van der Waals surface area (Å²) in [7, 11) is 0. The first-order valence-electron chi connectivity index (χ1n) is 7.80. The van der Waals surface area contributed by atoms with Crippen LogP contribution < -0.4 is 5.32 Å². The van der Waals surface area contributed by atoms with Crippen LogP contribution in [0.1, 0.15) is 59.8 Å². The number of ether oxygens (including phenoxy) is 1. The summed E-state index contributed by atoms with van der Waals surface area (Å²) in [6.07, 6.45) is 3.87. The molecule has 0 radical (unpaired) electrons. The fourth-order valence-electron chi connectivity index (χ4n) is 4.02. The molecule has 0 aromatic rings. The zero-order valence-electron chi connectivity index (χ0n) is 13.4. The molecule has 2 fully saturated rings. The molecule has 5 heteroatoms. The molecule has 21 heavy (non-hydrogen) atoms. The molecule has 2 saturated carbocycles. The van der Waals surface area contributed by atoms with Gasteiger partial charge in [0.15, 0.2) is 0 Å². The average molecular weight is 297 g/mol. The van der Waals surface area contributed by atoms with Gasteiger partial charge in [0.25, 0.3) is 0 Å². The Morgan fingerprint density at radius 2 is 1.67 bits per heavy atom. The number of carbonyl (C=O) groups excluding carboxylic acids is 1. The van der Waals surface area contributed by atoms with E-state index >= 15 is 0 Å². The lowest BCUT2D eigenvalue weighted by Gasteiger charge is -2.45. The highest BCUT2D eigenvalue weighted by molar-refractivity contribution is 5.74. The normalized spacial score (nSPS) is 35.9. The predicted octanol–water partition coefficient (Wildman–Crippen LogP) is 3.18. The van der Waals surface area contributed by atoms with Gasteiger partial charge in [-0.05, 0) is 71.6 Å². The van der Waals surface area contributed by atoms with Gasteiger partial charge >= 0.3 is 12.1 Å². The van der Waals surface area contributed by atoms with Crippen LogP contribution in [0.5, 0.6) is 0 Å². The summed E-state index contributed by atoms with van der Waals surface area (Å²) in [6.45, 7) is 7.40. The Kier molecular flexibility index (Phi) is 4.22. The largest absolute Gasteiger partial charge is 0.481 e. The molecule has 2 unspecified atom stereocenters. The van der Waals surface area contributed by atoms with E-state index in [4.69, 9.17) is 4.74 Å². The Hall–Kier alpha value is -1.26. The van der Waals surface area contributed by atoms with Gasteiger partial charge in [0.2, 0.25) is 0 Å². The summed E-state index contributed by atoms with van der Waals surface area (Å²) in [5.41, 5.74) is -1.08.